The average molecular weight is 340 g/mol. The van der Waals surface area contributed by atoms with Gasteiger partial charge in [-0.05, 0) is 40.5 Å². The number of hydrogen-bond donors (Lipinski definition) is 0. The molecule has 1 aromatic rings. The number of ether oxygens (including phenoxy) is 1. The Kier molecular flexibility index (Phi) is 5.71. The SMILES string of the molecule is COCCCN(C)S(=O)(=O)c1ccc(Br)c(F)c1. The van der Waals surface area contributed by atoms with Crippen LogP contribution in [0.1, 0.15) is 6.42 Å². The van der Waals surface area contributed by atoms with Gasteiger partial charge < -0.3 is 4.74 Å². The second-order valence-corrected chi connectivity index (χ2v) is 6.65. The van der Waals surface area contributed by atoms with Gasteiger partial charge >= 0.3 is 0 Å². The van der Waals surface area contributed by atoms with E-state index >= 15 is 0 Å². The lowest BCUT2D eigenvalue weighted by Crippen LogP contribution is -2.28. The maximum atomic E-state index is 13.3. The summed E-state index contributed by atoms with van der Waals surface area (Å²) in [6, 6.07) is 3.76. The van der Waals surface area contributed by atoms with Gasteiger partial charge in [-0.25, -0.2) is 17.1 Å². The van der Waals surface area contributed by atoms with Crippen LogP contribution in [-0.2, 0) is 14.8 Å². The minimum atomic E-state index is -3.64. The molecule has 0 fully saturated rings. The maximum Gasteiger partial charge on any atom is 0.242 e. The molecule has 1 rings (SSSR count). The van der Waals surface area contributed by atoms with Crippen molar-refractivity contribution >= 4 is 26.0 Å². The zero-order valence-corrected chi connectivity index (χ0v) is 12.6. The van der Waals surface area contributed by atoms with E-state index < -0.39 is 15.8 Å². The monoisotopic (exact) mass is 339 g/mol. The fourth-order valence-electron chi connectivity index (χ4n) is 1.37. The number of hydrogen-bond acceptors (Lipinski definition) is 3. The maximum absolute atomic E-state index is 13.3. The van der Waals surface area contributed by atoms with Crippen LogP contribution in [0.2, 0.25) is 0 Å². The van der Waals surface area contributed by atoms with Gasteiger partial charge in [0, 0.05) is 27.3 Å². The van der Waals surface area contributed by atoms with E-state index in [2.05, 4.69) is 15.9 Å². The first kappa shape index (κ1) is 15.6. The largest absolute Gasteiger partial charge is 0.385 e. The van der Waals surface area contributed by atoms with Crippen LogP contribution in [0.4, 0.5) is 4.39 Å². The molecule has 0 aliphatic heterocycles. The Hall–Kier alpha value is -0.500. The summed E-state index contributed by atoms with van der Waals surface area (Å²) in [5.74, 6) is -0.596. The van der Waals surface area contributed by atoms with Crippen molar-refractivity contribution in [3.8, 4) is 0 Å². The Bertz CT molecular complexity index is 507. The summed E-state index contributed by atoms with van der Waals surface area (Å²) < 4.78 is 43.8. The molecule has 18 heavy (non-hydrogen) atoms. The molecule has 0 atom stereocenters. The number of benzene rings is 1. The third kappa shape index (κ3) is 3.74. The molecular weight excluding hydrogens is 325 g/mol. The van der Waals surface area contributed by atoms with E-state index in [1.54, 1.807) is 7.11 Å². The third-order valence-corrected chi connectivity index (χ3v) is 4.92. The molecule has 0 unspecified atom stereocenters. The van der Waals surface area contributed by atoms with E-state index in [9.17, 15) is 12.8 Å². The summed E-state index contributed by atoms with van der Waals surface area (Å²) in [6.07, 6.45) is 0.589. The second kappa shape index (κ2) is 6.60. The van der Waals surface area contributed by atoms with Gasteiger partial charge in [-0.15, -0.1) is 0 Å². The Morgan fingerprint density at radius 1 is 1.44 bits per heavy atom. The van der Waals surface area contributed by atoms with E-state index in [0.717, 1.165) is 6.07 Å². The molecule has 0 radical (unpaired) electrons. The Labute approximate surface area is 115 Å². The Morgan fingerprint density at radius 3 is 2.67 bits per heavy atom. The van der Waals surface area contributed by atoms with Crippen LogP contribution in [0, 0.1) is 5.82 Å². The van der Waals surface area contributed by atoms with Gasteiger partial charge in [-0.2, -0.15) is 0 Å². The van der Waals surface area contributed by atoms with Crippen molar-refractivity contribution in [2.75, 3.05) is 27.3 Å². The van der Waals surface area contributed by atoms with Crippen molar-refractivity contribution in [3.05, 3.63) is 28.5 Å². The molecular formula is C11H15BrFNO3S. The van der Waals surface area contributed by atoms with E-state index in [1.165, 1.54) is 23.5 Å². The van der Waals surface area contributed by atoms with E-state index in [4.69, 9.17) is 4.74 Å². The molecule has 4 nitrogen and oxygen atoms in total. The van der Waals surface area contributed by atoms with Crippen molar-refractivity contribution in [1.82, 2.24) is 4.31 Å². The molecule has 0 saturated heterocycles. The number of halogens is 2. The van der Waals surface area contributed by atoms with Gasteiger partial charge in [0.15, 0.2) is 0 Å². The first-order chi connectivity index (χ1) is 8.39. The minimum absolute atomic E-state index is 0.0527. The molecule has 0 aliphatic rings. The highest BCUT2D eigenvalue weighted by Gasteiger charge is 2.21. The fourth-order valence-corrected chi connectivity index (χ4v) is 2.84. The molecule has 0 amide bonds. The number of nitrogens with zero attached hydrogens (tertiary/aromatic N) is 1. The first-order valence-electron chi connectivity index (χ1n) is 5.30. The van der Waals surface area contributed by atoms with Crippen molar-refractivity contribution in [1.29, 1.82) is 0 Å². The van der Waals surface area contributed by atoms with Crippen molar-refractivity contribution in [3.63, 3.8) is 0 Å². The highest BCUT2D eigenvalue weighted by Crippen LogP contribution is 2.21. The predicted octanol–water partition coefficient (Wildman–Crippen LogP) is 2.25. The molecule has 0 heterocycles. The van der Waals surface area contributed by atoms with Crippen LogP contribution in [0.25, 0.3) is 0 Å². The lowest BCUT2D eigenvalue weighted by atomic mass is 10.3. The van der Waals surface area contributed by atoms with Crippen molar-refractivity contribution in [2.24, 2.45) is 0 Å². The van der Waals surface area contributed by atoms with Crippen molar-refractivity contribution in [2.45, 2.75) is 11.3 Å². The van der Waals surface area contributed by atoms with E-state index in [-0.39, 0.29) is 9.37 Å². The molecule has 0 aromatic heterocycles. The normalized spacial score (nSPS) is 12.1. The van der Waals surface area contributed by atoms with Crippen molar-refractivity contribution < 1.29 is 17.5 Å². The minimum Gasteiger partial charge on any atom is -0.385 e. The van der Waals surface area contributed by atoms with Crippen LogP contribution < -0.4 is 0 Å². The quantitative estimate of drug-likeness (QED) is 0.747. The summed E-state index contributed by atoms with van der Waals surface area (Å²) in [6.45, 7) is 0.808. The summed E-state index contributed by atoms with van der Waals surface area (Å²) in [5, 5.41) is 0. The van der Waals surface area contributed by atoms with Crippen LogP contribution in [0.15, 0.2) is 27.6 Å². The standard InChI is InChI=1S/C11H15BrFNO3S/c1-14(6-3-7-17-2)18(15,16)9-4-5-10(12)11(13)8-9/h4-5,8H,3,6-7H2,1-2H3. The van der Waals surface area contributed by atoms with E-state index in [1.807, 2.05) is 0 Å². The number of methoxy groups -OCH3 is 1. The lowest BCUT2D eigenvalue weighted by molar-refractivity contribution is 0.189. The molecule has 102 valence electrons. The van der Waals surface area contributed by atoms with Gasteiger partial charge in [-0.1, -0.05) is 0 Å². The highest BCUT2D eigenvalue weighted by atomic mass is 79.9. The zero-order valence-electron chi connectivity index (χ0n) is 10.2. The molecule has 0 saturated carbocycles. The van der Waals surface area contributed by atoms with Gasteiger partial charge in [0.05, 0.1) is 9.37 Å². The molecule has 0 spiro atoms. The topological polar surface area (TPSA) is 46.6 Å². The highest BCUT2D eigenvalue weighted by molar-refractivity contribution is 9.10. The van der Waals surface area contributed by atoms with Gasteiger partial charge in [0.2, 0.25) is 10.0 Å². The Morgan fingerprint density at radius 2 is 2.11 bits per heavy atom. The van der Waals surface area contributed by atoms with Crippen LogP contribution in [0.3, 0.4) is 0 Å². The van der Waals surface area contributed by atoms with Gasteiger partial charge in [0.1, 0.15) is 5.82 Å². The first-order valence-corrected chi connectivity index (χ1v) is 7.53. The smallest absolute Gasteiger partial charge is 0.242 e. The van der Waals surface area contributed by atoms with Gasteiger partial charge in [-0.3, -0.25) is 0 Å². The van der Waals surface area contributed by atoms with E-state index in [0.29, 0.717) is 19.6 Å². The van der Waals surface area contributed by atoms with Crippen LogP contribution in [0.5, 0.6) is 0 Å². The third-order valence-electron chi connectivity index (χ3n) is 2.42. The van der Waals surface area contributed by atoms with Crippen LogP contribution in [-0.4, -0.2) is 40.0 Å². The van der Waals surface area contributed by atoms with Crippen LogP contribution >= 0.6 is 15.9 Å². The average Bonchev–Trinajstić information content (AvgIpc) is 2.32. The number of sulfonamides is 1. The lowest BCUT2D eigenvalue weighted by Gasteiger charge is -2.17. The fraction of sp³-hybridized carbons (Fsp3) is 0.455. The number of rotatable bonds is 6. The molecule has 0 bridgehead atoms. The van der Waals surface area contributed by atoms with Gasteiger partial charge in [0.25, 0.3) is 0 Å². The molecule has 0 N–H and O–H groups in total. The summed E-state index contributed by atoms with van der Waals surface area (Å²) in [7, 11) is -0.624. The zero-order chi connectivity index (χ0) is 13.8. The summed E-state index contributed by atoms with van der Waals surface area (Å²) >= 11 is 2.98. The predicted molar refractivity (Wildman–Crippen MR) is 70.4 cm³/mol. The molecule has 0 aliphatic carbocycles. The second-order valence-electron chi connectivity index (χ2n) is 3.75. The Balaban J connectivity index is 2.88. The molecule has 7 heteroatoms. The summed E-state index contributed by atoms with van der Waals surface area (Å²) in [5.41, 5.74) is 0. The summed E-state index contributed by atoms with van der Waals surface area (Å²) in [4.78, 5) is -0.0527. The molecule has 1 aromatic carbocycles.